The van der Waals surface area contributed by atoms with Crippen molar-refractivity contribution in [2.24, 2.45) is 0 Å². The molecular formula is C7H4FN3O2. The van der Waals surface area contributed by atoms with Gasteiger partial charge in [0.2, 0.25) is 5.78 Å². The molecule has 0 atom stereocenters. The second kappa shape index (κ2) is 2.51. The summed E-state index contributed by atoms with van der Waals surface area (Å²) < 4.78 is 13.7. The number of carboxylic acids is 1. The Kier molecular flexibility index (Phi) is 1.48. The maximum absolute atomic E-state index is 12.7. The van der Waals surface area contributed by atoms with Gasteiger partial charge >= 0.3 is 5.97 Å². The zero-order chi connectivity index (χ0) is 9.42. The number of nitrogens with zero attached hydrogens (tertiary/aromatic N) is 3. The number of hydrogen-bond acceptors (Lipinski definition) is 3. The van der Waals surface area contributed by atoms with Gasteiger partial charge in [-0.15, -0.1) is 0 Å². The molecule has 6 heteroatoms. The Bertz CT molecular complexity index is 480. The molecule has 0 aliphatic heterocycles. The summed E-state index contributed by atoms with van der Waals surface area (Å²) in [6.07, 6.45) is 3.14. The normalized spacial score (nSPS) is 10.5. The van der Waals surface area contributed by atoms with Gasteiger partial charge in [0.1, 0.15) is 0 Å². The predicted molar refractivity (Wildman–Crippen MR) is 39.9 cm³/mol. The summed E-state index contributed by atoms with van der Waals surface area (Å²) in [6, 6.07) is 0. The molecule has 66 valence electrons. The number of halogens is 1. The summed E-state index contributed by atoms with van der Waals surface area (Å²) in [7, 11) is 0. The number of fused-ring (bicyclic) bond motifs is 1. The SMILES string of the molecule is O=C(O)c1cnc2ncc(F)cn12. The molecule has 0 bridgehead atoms. The van der Waals surface area contributed by atoms with Gasteiger partial charge in [-0.2, -0.15) is 0 Å². The predicted octanol–water partition coefficient (Wildman–Crippen LogP) is 0.567. The first-order valence-electron chi connectivity index (χ1n) is 3.40. The molecule has 0 unspecified atom stereocenters. The van der Waals surface area contributed by atoms with Crippen molar-refractivity contribution in [2.45, 2.75) is 0 Å². The van der Waals surface area contributed by atoms with Crippen LogP contribution in [0.1, 0.15) is 10.5 Å². The molecule has 1 N–H and O–H groups in total. The van der Waals surface area contributed by atoms with Crippen LogP contribution < -0.4 is 0 Å². The van der Waals surface area contributed by atoms with Crippen LogP contribution in [-0.4, -0.2) is 25.4 Å². The summed E-state index contributed by atoms with van der Waals surface area (Å²) in [5, 5.41) is 8.65. The number of carbonyl (C=O) groups is 1. The summed E-state index contributed by atoms with van der Waals surface area (Å²) in [5.41, 5.74) is -0.109. The second-order valence-corrected chi connectivity index (χ2v) is 2.39. The first-order valence-corrected chi connectivity index (χ1v) is 3.40. The summed E-state index contributed by atoms with van der Waals surface area (Å²) in [5.74, 6) is -1.60. The highest BCUT2D eigenvalue weighted by molar-refractivity contribution is 5.86. The third kappa shape index (κ3) is 1.12. The highest BCUT2D eigenvalue weighted by atomic mass is 19.1. The Hall–Kier alpha value is -1.98. The van der Waals surface area contributed by atoms with E-state index in [1.165, 1.54) is 0 Å². The van der Waals surface area contributed by atoms with Crippen LogP contribution in [0.4, 0.5) is 4.39 Å². The molecule has 13 heavy (non-hydrogen) atoms. The van der Waals surface area contributed by atoms with E-state index in [-0.39, 0.29) is 11.5 Å². The van der Waals surface area contributed by atoms with Crippen molar-refractivity contribution in [3.05, 3.63) is 30.1 Å². The number of aromatic nitrogens is 3. The maximum atomic E-state index is 12.7. The molecule has 0 radical (unpaired) electrons. The van der Waals surface area contributed by atoms with E-state index in [2.05, 4.69) is 9.97 Å². The van der Waals surface area contributed by atoms with Gasteiger partial charge in [0.05, 0.1) is 18.6 Å². The lowest BCUT2D eigenvalue weighted by molar-refractivity contribution is 0.0689. The van der Waals surface area contributed by atoms with Gasteiger partial charge in [0.15, 0.2) is 11.5 Å². The average Bonchev–Trinajstić information content (AvgIpc) is 2.46. The van der Waals surface area contributed by atoms with Crippen LogP contribution >= 0.6 is 0 Å². The van der Waals surface area contributed by atoms with Crippen molar-refractivity contribution in [3.8, 4) is 0 Å². The Labute approximate surface area is 71.5 Å². The van der Waals surface area contributed by atoms with Gasteiger partial charge in [-0.25, -0.2) is 19.2 Å². The first-order chi connectivity index (χ1) is 6.18. The van der Waals surface area contributed by atoms with Crippen LogP contribution in [0.5, 0.6) is 0 Å². The second-order valence-electron chi connectivity index (χ2n) is 2.39. The van der Waals surface area contributed by atoms with Gasteiger partial charge in [-0.3, -0.25) is 4.40 Å². The number of carboxylic acid groups (broad SMARTS) is 1. The molecule has 0 amide bonds. The van der Waals surface area contributed by atoms with Crippen molar-refractivity contribution in [1.29, 1.82) is 0 Å². The van der Waals surface area contributed by atoms with Gasteiger partial charge in [-0.05, 0) is 0 Å². The van der Waals surface area contributed by atoms with Crippen LogP contribution in [0.3, 0.4) is 0 Å². The molecule has 2 aromatic rings. The lowest BCUT2D eigenvalue weighted by Crippen LogP contribution is -2.02. The Morgan fingerprint density at radius 1 is 1.46 bits per heavy atom. The summed E-state index contributed by atoms with van der Waals surface area (Å²) in [4.78, 5) is 17.9. The largest absolute Gasteiger partial charge is 0.477 e. The fourth-order valence-electron chi connectivity index (χ4n) is 1.01. The molecule has 0 saturated carbocycles. The van der Waals surface area contributed by atoms with Crippen molar-refractivity contribution in [1.82, 2.24) is 14.4 Å². The molecule has 0 fully saturated rings. The minimum Gasteiger partial charge on any atom is -0.477 e. The van der Waals surface area contributed by atoms with E-state index in [9.17, 15) is 9.18 Å². The van der Waals surface area contributed by atoms with Gasteiger partial charge in [0.25, 0.3) is 0 Å². The van der Waals surface area contributed by atoms with E-state index in [0.717, 1.165) is 23.0 Å². The molecule has 2 rings (SSSR count). The maximum Gasteiger partial charge on any atom is 0.354 e. The van der Waals surface area contributed by atoms with E-state index < -0.39 is 11.8 Å². The van der Waals surface area contributed by atoms with Crippen LogP contribution in [0.25, 0.3) is 5.78 Å². The lowest BCUT2D eigenvalue weighted by atomic mass is 10.5. The Balaban J connectivity index is 2.79. The topological polar surface area (TPSA) is 67.5 Å². The van der Waals surface area contributed by atoms with Crippen molar-refractivity contribution in [2.75, 3.05) is 0 Å². The fraction of sp³-hybridized carbons (Fsp3) is 0. The first kappa shape index (κ1) is 7.66. The van der Waals surface area contributed by atoms with E-state index >= 15 is 0 Å². The number of aromatic carboxylic acids is 1. The highest BCUT2D eigenvalue weighted by Crippen LogP contribution is 2.04. The summed E-state index contributed by atoms with van der Waals surface area (Å²) >= 11 is 0. The summed E-state index contributed by atoms with van der Waals surface area (Å²) in [6.45, 7) is 0. The van der Waals surface area contributed by atoms with Crippen LogP contribution in [-0.2, 0) is 0 Å². The van der Waals surface area contributed by atoms with Gasteiger partial charge < -0.3 is 5.11 Å². The highest BCUT2D eigenvalue weighted by Gasteiger charge is 2.10. The van der Waals surface area contributed by atoms with Crippen molar-refractivity contribution >= 4 is 11.7 Å². The zero-order valence-electron chi connectivity index (χ0n) is 6.31. The average molecular weight is 181 g/mol. The smallest absolute Gasteiger partial charge is 0.354 e. The van der Waals surface area contributed by atoms with Crippen LogP contribution in [0.2, 0.25) is 0 Å². The van der Waals surface area contributed by atoms with Crippen molar-refractivity contribution < 1.29 is 14.3 Å². The number of imidazole rings is 1. The van der Waals surface area contributed by atoms with E-state index in [1.54, 1.807) is 0 Å². The van der Waals surface area contributed by atoms with Crippen LogP contribution in [0, 0.1) is 5.82 Å². The fourth-order valence-corrected chi connectivity index (χ4v) is 1.01. The molecule has 0 saturated heterocycles. The lowest BCUT2D eigenvalue weighted by Gasteiger charge is -1.94. The Morgan fingerprint density at radius 2 is 2.15 bits per heavy atom. The third-order valence-electron chi connectivity index (χ3n) is 1.55. The van der Waals surface area contributed by atoms with E-state index in [4.69, 9.17) is 5.11 Å². The molecule has 0 spiro atoms. The Morgan fingerprint density at radius 3 is 2.85 bits per heavy atom. The van der Waals surface area contributed by atoms with Crippen LogP contribution in [0.15, 0.2) is 18.6 Å². The monoisotopic (exact) mass is 181 g/mol. The third-order valence-corrected chi connectivity index (χ3v) is 1.55. The molecule has 0 aromatic carbocycles. The molecule has 2 heterocycles. The van der Waals surface area contributed by atoms with E-state index in [1.807, 2.05) is 0 Å². The molecule has 2 aromatic heterocycles. The molecule has 0 aliphatic carbocycles. The molecule has 0 aliphatic rings. The van der Waals surface area contributed by atoms with Gasteiger partial charge in [0, 0.05) is 0 Å². The standard InChI is InChI=1S/C7H4FN3O2/c8-4-1-9-7-10-2-5(6(12)13)11(7)3-4/h1-3H,(H,12,13). The van der Waals surface area contributed by atoms with Gasteiger partial charge in [-0.1, -0.05) is 0 Å². The van der Waals surface area contributed by atoms with E-state index in [0.29, 0.717) is 0 Å². The minimum absolute atomic E-state index is 0.109. The zero-order valence-corrected chi connectivity index (χ0v) is 6.31. The number of hydrogen-bond donors (Lipinski definition) is 1. The minimum atomic E-state index is -1.17. The molecular weight excluding hydrogens is 177 g/mol. The quantitative estimate of drug-likeness (QED) is 0.698. The van der Waals surface area contributed by atoms with Crippen molar-refractivity contribution in [3.63, 3.8) is 0 Å². The number of rotatable bonds is 1. The molecule has 5 nitrogen and oxygen atoms in total.